The second kappa shape index (κ2) is 6.42. The van der Waals surface area contributed by atoms with E-state index >= 15 is 0 Å². The zero-order valence-corrected chi connectivity index (χ0v) is 12.8. The van der Waals surface area contributed by atoms with Gasteiger partial charge in [0.05, 0.1) is 0 Å². The van der Waals surface area contributed by atoms with Crippen LogP contribution in [0.25, 0.3) is 6.08 Å². The maximum atomic E-state index is 2.29. The first-order valence-corrected chi connectivity index (χ1v) is 7.83. The van der Waals surface area contributed by atoms with Crippen molar-refractivity contribution in [3.63, 3.8) is 0 Å². The molecule has 0 saturated carbocycles. The van der Waals surface area contributed by atoms with E-state index < -0.39 is 0 Å². The molecule has 0 aliphatic heterocycles. The lowest BCUT2D eigenvalue weighted by Crippen LogP contribution is -2.07. The molecule has 0 saturated heterocycles. The molecule has 0 atom stereocenters. The van der Waals surface area contributed by atoms with Crippen LogP contribution >= 0.6 is 11.3 Å². The Morgan fingerprint density at radius 2 is 1.33 bits per heavy atom. The Morgan fingerprint density at radius 1 is 0.762 bits per heavy atom. The summed E-state index contributed by atoms with van der Waals surface area (Å²) in [4.78, 5) is 3.56. The Labute approximate surface area is 129 Å². The average Bonchev–Trinajstić information content (AvgIpc) is 2.98. The van der Waals surface area contributed by atoms with E-state index in [4.69, 9.17) is 0 Å². The number of anilines is 3. The molecule has 2 aromatic carbocycles. The lowest BCUT2D eigenvalue weighted by atomic mass is 10.2. The molecule has 0 fully saturated rings. The molecule has 0 unspecified atom stereocenters. The maximum absolute atomic E-state index is 2.29. The second-order valence-electron chi connectivity index (χ2n) is 4.68. The van der Waals surface area contributed by atoms with Crippen molar-refractivity contribution >= 4 is 33.8 Å². The molecule has 0 spiro atoms. The van der Waals surface area contributed by atoms with Gasteiger partial charge in [0.1, 0.15) is 5.00 Å². The number of thiophene rings is 1. The Balaban J connectivity index is 2.08. The summed E-state index contributed by atoms with van der Waals surface area (Å²) in [6, 6.07) is 25.3. The monoisotopic (exact) mass is 291 g/mol. The van der Waals surface area contributed by atoms with Crippen LogP contribution in [-0.4, -0.2) is 0 Å². The molecule has 1 nitrogen and oxygen atoms in total. The molecule has 1 heterocycles. The van der Waals surface area contributed by atoms with E-state index in [9.17, 15) is 0 Å². The summed E-state index contributed by atoms with van der Waals surface area (Å²) in [5, 5.41) is 1.22. The van der Waals surface area contributed by atoms with Crippen LogP contribution in [0.15, 0.2) is 78.9 Å². The first kappa shape index (κ1) is 13.7. The fraction of sp³-hybridized carbons (Fsp3) is 0.0526. The largest absolute Gasteiger partial charge is 0.302 e. The van der Waals surface area contributed by atoms with Crippen LogP contribution in [0.2, 0.25) is 0 Å². The van der Waals surface area contributed by atoms with E-state index in [2.05, 4.69) is 77.7 Å². The van der Waals surface area contributed by atoms with Crippen LogP contribution in [0, 0.1) is 0 Å². The molecule has 1 aromatic heterocycles. The zero-order chi connectivity index (χ0) is 14.5. The van der Waals surface area contributed by atoms with Crippen molar-refractivity contribution < 1.29 is 0 Å². The highest BCUT2D eigenvalue weighted by atomic mass is 32.1. The number of hydrogen-bond acceptors (Lipinski definition) is 2. The number of benzene rings is 2. The second-order valence-corrected chi connectivity index (χ2v) is 5.78. The van der Waals surface area contributed by atoms with Crippen molar-refractivity contribution in [1.82, 2.24) is 0 Å². The van der Waals surface area contributed by atoms with Crippen LogP contribution in [0.4, 0.5) is 16.4 Å². The van der Waals surface area contributed by atoms with Gasteiger partial charge in [-0.2, -0.15) is 0 Å². The quantitative estimate of drug-likeness (QED) is 0.549. The first-order valence-electron chi connectivity index (χ1n) is 7.01. The number of para-hydroxylation sites is 2. The van der Waals surface area contributed by atoms with E-state index in [0.29, 0.717) is 0 Å². The molecule has 0 amide bonds. The summed E-state index contributed by atoms with van der Waals surface area (Å²) in [5.74, 6) is 0. The van der Waals surface area contributed by atoms with Gasteiger partial charge < -0.3 is 4.90 Å². The number of nitrogens with zero attached hydrogens (tertiary/aromatic N) is 1. The van der Waals surface area contributed by atoms with E-state index in [-0.39, 0.29) is 0 Å². The van der Waals surface area contributed by atoms with Crippen molar-refractivity contribution in [1.29, 1.82) is 0 Å². The normalized spacial score (nSPS) is 10.9. The molecule has 21 heavy (non-hydrogen) atoms. The number of rotatable bonds is 4. The summed E-state index contributed by atoms with van der Waals surface area (Å²) < 4.78 is 0. The SMILES string of the molecule is C/C=C/c1ccc(N(c2ccccc2)c2ccccc2)s1. The molecule has 0 bridgehead atoms. The van der Waals surface area contributed by atoms with Gasteiger partial charge in [0.2, 0.25) is 0 Å². The average molecular weight is 291 g/mol. The highest BCUT2D eigenvalue weighted by Crippen LogP contribution is 2.38. The predicted octanol–water partition coefficient (Wildman–Crippen LogP) is 6.25. The van der Waals surface area contributed by atoms with Crippen LogP contribution in [-0.2, 0) is 0 Å². The molecule has 3 rings (SSSR count). The molecule has 3 aromatic rings. The van der Waals surface area contributed by atoms with Crippen molar-refractivity contribution in [3.8, 4) is 0 Å². The third-order valence-corrected chi connectivity index (χ3v) is 4.23. The molecular weight excluding hydrogens is 274 g/mol. The molecular formula is C19H17NS. The van der Waals surface area contributed by atoms with Gasteiger partial charge in [0, 0.05) is 16.3 Å². The van der Waals surface area contributed by atoms with E-state index in [1.807, 2.05) is 19.1 Å². The van der Waals surface area contributed by atoms with Crippen LogP contribution in [0.1, 0.15) is 11.8 Å². The molecule has 0 N–H and O–H groups in total. The molecule has 104 valence electrons. The fourth-order valence-electron chi connectivity index (χ4n) is 2.27. The Kier molecular flexibility index (Phi) is 4.17. The third kappa shape index (κ3) is 3.06. The minimum atomic E-state index is 1.18. The van der Waals surface area contributed by atoms with Gasteiger partial charge in [-0.1, -0.05) is 42.5 Å². The highest BCUT2D eigenvalue weighted by Gasteiger charge is 2.13. The molecule has 0 aliphatic carbocycles. The predicted molar refractivity (Wildman–Crippen MR) is 93.7 cm³/mol. The van der Waals surface area contributed by atoms with Crippen molar-refractivity contribution in [2.45, 2.75) is 6.92 Å². The van der Waals surface area contributed by atoms with Gasteiger partial charge in [-0.15, -0.1) is 11.3 Å². The smallest absolute Gasteiger partial charge is 0.100 e. The molecule has 0 aliphatic rings. The highest BCUT2D eigenvalue weighted by molar-refractivity contribution is 7.17. The van der Waals surface area contributed by atoms with Gasteiger partial charge in [0.15, 0.2) is 0 Å². The van der Waals surface area contributed by atoms with E-state index in [1.54, 1.807) is 11.3 Å². The van der Waals surface area contributed by atoms with Crippen molar-refractivity contribution in [2.24, 2.45) is 0 Å². The number of allylic oxidation sites excluding steroid dienone is 1. The minimum absolute atomic E-state index is 1.18. The number of hydrogen-bond donors (Lipinski definition) is 0. The summed E-state index contributed by atoms with van der Waals surface area (Å²) in [7, 11) is 0. The Bertz CT molecular complexity index is 674. The summed E-state index contributed by atoms with van der Waals surface area (Å²) in [6.07, 6.45) is 4.22. The summed E-state index contributed by atoms with van der Waals surface area (Å²) in [6.45, 7) is 2.05. The lowest BCUT2D eigenvalue weighted by Gasteiger charge is -2.23. The molecule has 0 radical (unpaired) electrons. The lowest BCUT2D eigenvalue weighted by molar-refractivity contribution is 1.32. The van der Waals surface area contributed by atoms with Gasteiger partial charge >= 0.3 is 0 Å². The van der Waals surface area contributed by atoms with E-state index in [0.717, 1.165) is 0 Å². The van der Waals surface area contributed by atoms with Gasteiger partial charge in [-0.05, 0) is 49.4 Å². The van der Waals surface area contributed by atoms with Crippen LogP contribution < -0.4 is 4.90 Å². The van der Waals surface area contributed by atoms with Gasteiger partial charge in [-0.3, -0.25) is 0 Å². The van der Waals surface area contributed by atoms with Crippen LogP contribution in [0.5, 0.6) is 0 Å². The minimum Gasteiger partial charge on any atom is -0.302 e. The van der Waals surface area contributed by atoms with Gasteiger partial charge in [0.25, 0.3) is 0 Å². The summed E-state index contributed by atoms with van der Waals surface area (Å²) >= 11 is 1.79. The standard InChI is InChI=1S/C19H17NS/c1-2-9-18-14-15-19(21-18)20(16-10-5-3-6-11-16)17-12-7-4-8-13-17/h2-15H,1H3/b9-2+. The maximum Gasteiger partial charge on any atom is 0.100 e. The molecule has 2 heteroatoms. The fourth-order valence-corrected chi connectivity index (χ4v) is 3.29. The van der Waals surface area contributed by atoms with Crippen molar-refractivity contribution in [3.05, 3.63) is 83.7 Å². The van der Waals surface area contributed by atoms with Gasteiger partial charge in [-0.25, -0.2) is 0 Å². The van der Waals surface area contributed by atoms with E-state index in [1.165, 1.54) is 21.3 Å². The topological polar surface area (TPSA) is 3.24 Å². The van der Waals surface area contributed by atoms with Crippen LogP contribution in [0.3, 0.4) is 0 Å². The summed E-state index contributed by atoms with van der Waals surface area (Å²) in [5.41, 5.74) is 2.36. The zero-order valence-electron chi connectivity index (χ0n) is 11.9. The van der Waals surface area contributed by atoms with Crippen molar-refractivity contribution in [2.75, 3.05) is 4.90 Å². The third-order valence-electron chi connectivity index (χ3n) is 3.19. The Morgan fingerprint density at radius 3 is 1.86 bits per heavy atom. The Hall–Kier alpha value is -2.32. The first-order chi connectivity index (χ1) is 10.4.